The van der Waals surface area contributed by atoms with Crippen molar-refractivity contribution in [1.82, 2.24) is 15.5 Å². The molecule has 246 valence electrons. The Morgan fingerprint density at radius 1 is 0.896 bits per heavy atom. The third kappa shape index (κ3) is 6.79. The van der Waals surface area contributed by atoms with E-state index in [0.29, 0.717) is 24.5 Å². The number of rotatable bonds is 11. The van der Waals surface area contributed by atoms with Crippen LogP contribution in [0.25, 0.3) is 11.1 Å². The van der Waals surface area contributed by atoms with Gasteiger partial charge in [0.25, 0.3) is 5.91 Å². The Balaban J connectivity index is 1.08. The molecule has 48 heavy (non-hydrogen) atoms. The van der Waals surface area contributed by atoms with Gasteiger partial charge in [0.15, 0.2) is 0 Å². The van der Waals surface area contributed by atoms with Gasteiger partial charge in [-0.25, -0.2) is 4.39 Å². The number of amides is 3. The van der Waals surface area contributed by atoms with Crippen molar-refractivity contribution < 1.29 is 33.7 Å². The molecule has 0 bridgehead atoms. The van der Waals surface area contributed by atoms with Crippen molar-refractivity contribution in [3.63, 3.8) is 0 Å². The van der Waals surface area contributed by atoms with E-state index in [1.807, 2.05) is 48.5 Å². The molecule has 9 nitrogen and oxygen atoms in total. The minimum absolute atomic E-state index is 0.0163. The summed E-state index contributed by atoms with van der Waals surface area (Å²) >= 11 is 0. The van der Waals surface area contributed by atoms with Crippen molar-refractivity contribution >= 4 is 28.9 Å². The van der Waals surface area contributed by atoms with Crippen molar-refractivity contribution in [3.05, 3.63) is 124 Å². The number of aromatic hydroxyl groups is 2. The highest BCUT2D eigenvalue weighted by molar-refractivity contribution is 6.05. The second kappa shape index (κ2) is 14.1. The summed E-state index contributed by atoms with van der Waals surface area (Å²) in [4.78, 5) is 38.1. The lowest BCUT2D eigenvalue weighted by molar-refractivity contribution is -0.136. The molecular weight excluding hydrogens is 613 g/mol. The standard InChI is InChI=1S/C38H36FN3O6/c1-2-30(23-3-10-27(43)11-4-23)35(24-5-12-28(44)13-6-24)25-7-14-29(15-8-25)48-20-19-40-21-26-9-16-31-32(36(26)39)22-42(38(31)47)33-17-18-34(45)41-37(33)46/h3-16,33,40,43-44H,2,17-22H2,1H3,(H,41,45,46)/b35-30+. The summed E-state index contributed by atoms with van der Waals surface area (Å²) in [5.41, 5.74) is 5.91. The summed E-state index contributed by atoms with van der Waals surface area (Å²) < 4.78 is 21.4. The number of benzene rings is 4. The molecule has 1 fully saturated rings. The number of hydrogen-bond donors (Lipinski definition) is 4. The molecule has 0 aromatic heterocycles. The number of hydrogen-bond acceptors (Lipinski definition) is 7. The van der Waals surface area contributed by atoms with Gasteiger partial charge >= 0.3 is 0 Å². The fourth-order valence-corrected chi connectivity index (χ4v) is 6.30. The molecule has 4 aromatic carbocycles. The van der Waals surface area contributed by atoms with E-state index >= 15 is 4.39 Å². The van der Waals surface area contributed by atoms with Crippen LogP contribution in [0.4, 0.5) is 4.39 Å². The molecule has 0 radical (unpaired) electrons. The molecular formula is C38H36FN3O6. The fourth-order valence-electron chi connectivity index (χ4n) is 6.30. The summed E-state index contributed by atoms with van der Waals surface area (Å²) in [7, 11) is 0. The van der Waals surface area contributed by atoms with Gasteiger partial charge in [-0.3, -0.25) is 19.7 Å². The topological polar surface area (TPSA) is 128 Å². The second-order valence-electron chi connectivity index (χ2n) is 11.8. The predicted octanol–water partition coefficient (Wildman–Crippen LogP) is 5.54. The molecule has 4 N–H and O–H groups in total. The molecule has 1 unspecified atom stereocenters. The van der Waals surface area contributed by atoms with Gasteiger partial charge in [0.1, 0.15) is 35.7 Å². The number of imide groups is 1. The Kier molecular flexibility index (Phi) is 9.54. The highest BCUT2D eigenvalue weighted by Crippen LogP contribution is 2.36. The molecule has 0 aliphatic carbocycles. The number of fused-ring (bicyclic) bond motifs is 1. The third-order valence-electron chi connectivity index (χ3n) is 8.76. The van der Waals surface area contributed by atoms with Gasteiger partial charge in [-0.05, 0) is 83.1 Å². The summed E-state index contributed by atoms with van der Waals surface area (Å²) in [6.45, 7) is 3.07. The van der Waals surface area contributed by atoms with Crippen LogP contribution in [0, 0.1) is 5.82 Å². The van der Waals surface area contributed by atoms with E-state index in [0.717, 1.165) is 34.3 Å². The predicted molar refractivity (Wildman–Crippen MR) is 179 cm³/mol. The van der Waals surface area contributed by atoms with Crippen molar-refractivity contribution in [2.24, 2.45) is 0 Å². The molecule has 2 aliphatic rings. The average molecular weight is 650 g/mol. The van der Waals surface area contributed by atoms with Gasteiger partial charge in [0.2, 0.25) is 11.8 Å². The lowest BCUT2D eigenvalue weighted by Crippen LogP contribution is -2.52. The first-order valence-corrected chi connectivity index (χ1v) is 15.9. The molecule has 2 aliphatic heterocycles. The second-order valence-corrected chi connectivity index (χ2v) is 11.8. The van der Waals surface area contributed by atoms with Crippen LogP contribution in [0.3, 0.4) is 0 Å². The number of halogens is 1. The van der Waals surface area contributed by atoms with Crippen molar-refractivity contribution in [2.45, 2.75) is 45.3 Å². The number of nitrogens with zero attached hydrogens (tertiary/aromatic N) is 1. The van der Waals surface area contributed by atoms with Gasteiger partial charge < -0.3 is 25.2 Å². The van der Waals surface area contributed by atoms with Gasteiger partial charge in [0, 0.05) is 36.2 Å². The number of allylic oxidation sites excluding steroid dienone is 1. The first-order valence-electron chi connectivity index (χ1n) is 15.9. The Morgan fingerprint density at radius 2 is 1.52 bits per heavy atom. The molecule has 1 saturated heterocycles. The van der Waals surface area contributed by atoms with Crippen LogP contribution < -0.4 is 15.4 Å². The number of carbonyl (C=O) groups excluding carboxylic acids is 3. The number of ether oxygens (including phenoxy) is 1. The largest absolute Gasteiger partial charge is 0.508 e. The van der Waals surface area contributed by atoms with E-state index in [4.69, 9.17) is 4.74 Å². The van der Waals surface area contributed by atoms with Gasteiger partial charge in [-0.2, -0.15) is 0 Å². The summed E-state index contributed by atoms with van der Waals surface area (Å²) in [6.07, 6.45) is 1.10. The molecule has 4 aromatic rings. The van der Waals surface area contributed by atoms with E-state index in [-0.39, 0.29) is 54.5 Å². The molecule has 2 heterocycles. The lowest BCUT2D eigenvalue weighted by Gasteiger charge is -2.29. The normalized spacial score (nSPS) is 16.4. The monoisotopic (exact) mass is 649 g/mol. The Hall–Kier alpha value is -5.48. The molecule has 0 saturated carbocycles. The molecule has 10 heteroatoms. The minimum Gasteiger partial charge on any atom is -0.508 e. The molecule has 6 rings (SSSR count). The van der Waals surface area contributed by atoms with Gasteiger partial charge in [-0.15, -0.1) is 0 Å². The van der Waals surface area contributed by atoms with Gasteiger partial charge in [-0.1, -0.05) is 49.4 Å². The zero-order chi connectivity index (χ0) is 33.8. The maximum Gasteiger partial charge on any atom is 0.255 e. The molecule has 0 spiro atoms. The summed E-state index contributed by atoms with van der Waals surface area (Å²) in [5.74, 6) is -0.731. The van der Waals surface area contributed by atoms with E-state index in [1.165, 1.54) is 4.90 Å². The number of piperidine rings is 1. The molecule has 1 atom stereocenters. The first-order chi connectivity index (χ1) is 23.2. The summed E-state index contributed by atoms with van der Waals surface area (Å²) in [5, 5.41) is 25.1. The van der Waals surface area contributed by atoms with Crippen LogP contribution in [0.1, 0.15) is 64.4 Å². The minimum atomic E-state index is -0.793. The van der Waals surface area contributed by atoms with Crippen LogP contribution in [0.2, 0.25) is 0 Å². The van der Waals surface area contributed by atoms with Crippen LogP contribution in [-0.2, 0) is 22.7 Å². The maximum absolute atomic E-state index is 15.4. The quantitative estimate of drug-likeness (QED) is 0.0955. The van der Waals surface area contributed by atoms with Crippen LogP contribution >= 0.6 is 0 Å². The zero-order valence-corrected chi connectivity index (χ0v) is 26.5. The third-order valence-corrected chi connectivity index (χ3v) is 8.76. The summed E-state index contributed by atoms with van der Waals surface area (Å²) in [6, 6.07) is 24.3. The Morgan fingerprint density at radius 3 is 2.15 bits per heavy atom. The van der Waals surface area contributed by atoms with Crippen molar-refractivity contribution in [1.29, 1.82) is 0 Å². The Labute approximate surface area is 277 Å². The Bertz CT molecular complexity index is 1870. The highest BCUT2D eigenvalue weighted by atomic mass is 19.1. The molecule has 3 amide bonds. The van der Waals surface area contributed by atoms with E-state index in [1.54, 1.807) is 36.4 Å². The maximum atomic E-state index is 15.4. The highest BCUT2D eigenvalue weighted by Gasteiger charge is 2.40. The van der Waals surface area contributed by atoms with Crippen molar-refractivity contribution in [3.8, 4) is 17.2 Å². The van der Waals surface area contributed by atoms with E-state index in [9.17, 15) is 24.6 Å². The van der Waals surface area contributed by atoms with Gasteiger partial charge in [0.05, 0.1) is 6.54 Å². The number of nitrogens with one attached hydrogen (secondary N) is 2. The van der Waals surface area contributed by atoms with Crippen molar-refractivity contribution in [2.75, 3.05) is 13.2 Å². The SMILES string of the molecule is CC/C(=C(/c1ccc(O)cc1)c1ccc(OCCNCc2ccc3c(c2F)CN(C2CCC(=O)NC2=O)C3=O)cc1)c1ccc(O)cc1. The van der Waals surface area contributed by atoms with Crippen LogP contribution in [-0.4, -0.2) is 52.0 Å². The van der Waals surface area contributed by atoms with Crippen LogP contribution in [0.5, 0.6) is 17.2 Å². The lowest BCUT2D eigenvalue weighted by atomic mass is 9.88. The first kappa shape index (κ1) is 32.5. The number of carbonyl (C=O) groups is 3. The van der Waals surface area contributed by atoms with E-state index < -0.39 is 23.7 Å². The number of phenolic OH excluding ortho intramolecular Hbond substituents is 2. The fraction of sp³-hybridized carbons (Fsp3) is 0.237. The smallest absolute Gasteiger partial charge is 0.255 e. The van der Waals surface area contributed by atoms with E-state index in [2.05, 4.69) is 17.6 Å². The van der Waals surface area contributed by atoms with Crippen LogP contribution in [0.15, 0.2) is 84.9 Å². The zero-order valence-electron chi connectivity index (χ0n) is 26.5. The average Bonchev–Trinajstić information content (AvgIpc) is 3.42. The number of phenols is 2.